The largest absolute Gasteiger partial charge is 0.383 e. The van der Waals surface area contributed by atoms with Crippen molar-refractivity contribution < 1.29 is 9.59 Å². The molecule has 0 saturated carbocycles. The lowest BCUT2D eigenvalue weighted by molar-refractivity contribution is -0.116. The Morgan fingerprint density at radius 2 is 2.06 bits per heavy atom. The minimum absolute atomic E-state index is 0.0595. The second-order valence-corrected chi connectivity index (χ2v) is 7.99. The van der Waals surface area contributed by atoms with Gasteiger partial charge in [-0.05, 0) is 42.7 Å². The van der Waals surface area contributed by atoms with Gasteiger partial charge in [0.15, 0.2) is 5.78 Å². The summed E-state index contributed by atoms with van der Waals surface area (Å²) in [5.41, 5.74) is 11.2. The molecule has 9 heteroatoms. The van der Waals surface area contributed by atoms with Crippen molar-refractivity contribution in [2.45, 2.75) is 25.2 Å². The van der Waals surface area contributed by atoms with E-state index >= 15 is 0 Å². The van der Waals surface area contributed by atoms with Crippen LogP contribution in [-0.4, -0.2) is 21.7 Å². The summed E-state index contributed by atoms with van der Waals surface area (Å²) in [7, 11) is 0. The molecule has 1 aliphatic carbocycles. The van der Waals surface area contributed by atoms with E-state index in [1.165, 1.54) is 11.2 Å². The summed E-state index contributed by atoms with van der Waals surface area (Å²) in [6.45, 7) is 0. The highest BCUT2D eigenvalue weighted by molar-refractivity contribution is 6.42. The average Bonchev–Trinajstić information content (AvgIpc) is 2.78. The number of carbonyl (C=O) groups is 2. The number of Topliss-reactive ketones (excluding diaryl/α,β-unsaturated/α-hetero) is 1. The van der Waals surface area contributed by atoms with E-state index in [0.717, 1.165) is 0 Å². The van der Waals surface area contributed by atoms with Gasteiger partial charge in [0, 0.05) is 30.1 Å². The van der Waals surface area contributed by atoms with Crippen LogP contribution < -0.4 is 11.2 Å². The molecule has 0 radical (unpaired) electrons. The third-order valence-corrected chi connectivity index (χ3v) is 6.07. The van der Waals surface area contributed by atoms with E-state index < -0.39 is 11.8 Å². The summed E-state index contributed by atoms with van der Waals surface area (Å²) in [6, 6.07) is 10.3. The van der Waals surface area contributed by atoms with Gasteiger partial charge in [0.25, 0.3) is 5.91 Å². The predicted octanol–water partition coefficient (Wildman–Crippen LogP) is 3.83. The third kappa shape index (κ3) is 3.76. The molecular formula is C22H17Cl2N5O2. The number of nitriles is 1. The van der Waals surface area contributed by atoms with Crippen LogP contribution in [0.3, 0.4) is 0 Å². The molecule has 1 aromatic carbocycles. The molecule has 31 heavy (non-hydrogen) atoms. The Hall–Kier alpha value is -3.34. The number of hydrogen-bond acceptors (Lipinski definition) is 6. The number of aromatic nitrogens is 1. The van der Waals surface area contributed by atoms with E-state index in [9.17, 15) is 14.9 Å². The lowest BCUT2D eigenvalue weighted by atomic mass is 9.76. The van der Waals surface area contributed by atoms with Crippen molar-refractivity contribution in [3.8, 4) is 6.07 Å². The number of nitrogens with zero attached hydrogens (tertiary/aromatic N) is 3. The zero-order valence-electron chi connectivity index (χ0n) is 16.2. The Labute approximate surface area is 188 Å². The van der Waals surface area contributed by atoms with Crippen molar-refractivity contribution in [3.63, 3.8) is 0 Å². The highest BCUT2D eigenvalue weighted by Gasteiger charge is 2.40. The molecule has 0 fully saturated rings. The zero-order chi connectivity index (χ0) is 22.1. The molecule has 3 N–H and O–H groups in total. The molecule has 0 bridgehead atoms. The Morgan fingerprint density at radius 3 is 2.74 bits per heavy atom. The van der Waals surface area contributed by atoms with Crippen LogP contribution in [-0.2, 0) is 4.79 Å². The van der Waals surface area contributed by atoms with Gasteiger partial charge >= 0.3 is 0 Å². The Morgan fingerprint density at radius 1 is 1.26 bits per heavy atom. The molecular weight excluding hydrogens is 437 g/mol. The maximum Gasteiger partial charge on any atom is 0.271 e. The average molecular weight is 454 g/mol. The van der Waals surface area contributed by atoms with Gasteiger partial charge in [-0.2, -0.15) is 5.26 Å². The highest BCUT2D eigenvalue weighted by Crippen LogP contribution is 2.45. The van der Waals surface area contributed by atoms with Crippen LogP contribution in [0.15, 0.2) is 65.4 Å². The lowest BCUT2D eigenvalue weighted by Crippen LogP contribution is -2.48. The SMILES string of the molecule is N#CC1=C(N)N(NC(=O)c2cccnc2)C2=C(C(=O)CCC2)C1c1ccc(Cl)c(Cl)c1. The molecule has 1 atom stereocenters. The van der Waals surface area contributed by atoms with Crippen molar-refractivity contribution in [2.75, 3.05) is 0 Å². The molecule has 0 spiro atoms. The second kappa shape index (κ2) is 8.42. The molecule has 7 nitrogen and oxygen atoms in total. The molecule has 1 amide bonds. The number of pyridine rings is 1. The van der Waals surface area contributed by atoms with Crippen LogP contribution >= 0.6 is 23.2 Å². The van der Waals surface area contributed by atoms with E-state index in [1.54, 1.807) is 36.5 Å². The van der Waals surface area contributed by atoms with E-state index in [0.29, 0.717) is 51.7 Å². The quantitative estimate of drug-likeness (QED) is 0.729. The number of hydrazine groups is 1. The maximum atomic E-state index is 13.0. The van der Waals surface area contributed by atoms with Gasteiger partial charge in [0.1, 0.15) is 5.82 Å². The van der Waals surface area contributed by atoms with Crippen molar-refractivity contribution in [3.05, 3.63) is 86.6 Å². The van der Waals surface area contributed by atoms with Crippen LogP contribution in [0.5, 0.6) is 0 Å². The number of carbonyl (C=O) groups excluding carboxylic acids is 2. The van der Waals surface area contributed by atoms with Crippen LogP contribution in [0.4, 0.5) is 0 Å². The number of amides is 1. The monoisotopic (exact) mass is 453 g/mol. The first-order chi connectivity index (χ1) is 14.9. The van der Waals surface area contributed by atoms with Crippen molar-refractivity contribution in [2.24, 2.45) is 5.73 Å². The molecule has 1 unspecified atom stereocenters. The number of ketones is 1. The topological polar surface area (TPSA) is 112 Å². The Kier molecular flexibility index (Phi) is 5.68. The molecule has 2 aliphatic rings. The number of nitrogens with two attached hydrogens (primary N) is 1. The third-order valence-electron chi connectivity index (χ3n) is 5.33. The second-order valence-electron chi connectivity index (χ2n) is 7.17. The fraction of sp³-hybridized carbons (Fsp3) is 0.182. The minimum Gasteiger partial charge on any atom is -0.383 e. The Bertz CT molecular complexity index is 1180. The first-order valence-electron chi connectivity index (χ1n) is 9.54. The van der Waals surface area contributed by atoms with E-state index in [-0.39, 0.29) is 17.2 Å². The summed E-state index contributed by atoms with van der Waals surface area (Å²) in [6.07, 6.45) is 4.46. The summed E-state index contributed by atoms with van der Waals surface area (Å²) in [5.74, 6) is -1.18. The van der Waals surface area contributed by atoms with E-state index in [1.807, 2.05) is 0 Å². The molecule has 0 saturated heterocycles. The summed E-state index contributed by atoms with van der Waals surface area (Å²) in [5, 5.41) is 12.0. The van der Waals surface area contributed by atoms with Gasteiger partial charge in [0.2, 0.25) is 0 Å². The molecule has 2 heterocycles. The lowest BCUT2D eigenvalue weighted by Gasteiger charge is -2.39. The molecule has 2 aromatic rings. The van der Waals surface area contributed by atoms with Crippen molar-refractivity contribution >= 4 is 34.9 Å². The van der Waals surface area contributed by atoms with Gasteiger partial charge < -0.3 is 5.73 Å². The molecule has 1 aromatic heterocycles. The molecule has 1 aliphatic heterocycles. The number of nitrogens with one attached hydrogen (secondary N) is 1. The van der Waals surface area contributed by atoms with Gasteiger partial charge in [-0.1, -0.05) is 29.3 Å². The number of allylic oxidation sites excluding steroid dienone is 3. The number of halogens is 2. The summed E-state index contributed by atoms with van der Waals surface area (Å²) >= 11 is 12.3. The van der Waals surface area contributed by atoms with Gasteiger partial charge in [-0.15, -0.1) is 0 Å². The Balaban J connectivity index is 1.83. The van der Waals surface area contributed by atoms with Crippen molar-refractivity contribution in [1.29, 1.82) is 5.26 Å². The number of hydrogen-bond donors (Lipinski definition) is 2. The minimum atomic E-state index is -0.686. The van der Waals surface area contributed by atoms with E-state index in [4.69, 9.17) is 28.9 Å². The fourth-order valence-corrected chi connectivity index (χ4v) is 4.21. The van der Waals surface area contributed by atoms with E-state index in [2.05, 4.69) is 16.5 Å². The normalized spacial score (nSPS) is 18.5. The highest BCUT2D eigenvalue weighted by atomic mass is 35.5. The van der Waals surface area contributed by atoms with Gasteiger partial charge in [0.05, 0.1) is 33.2 Å². The zero-order valence-corrected chi connectivity index (χ0v) is 17.7. The molecule has 4 rings (SSSR count). The van der Waals surface area contributed by atoms with Gasteiger partial charge in [-0.3, -0.25) is 20.0 Å². The number of rotatable bonds is 3. The van der Waals surface area contributed by atoms with Crippen LogP contribution in [0.25, 0.3) is 0 Å². The fourth-order valence-electron chi connectivity index (χ4n) is 3.90. The van der Waals surface area contributed by atoms with Crippen molar-refractivity contribution in [1.82, 2.24) is 15.4 Å². The summed E-state index contributed by atoms with van der Waals surface area (Å²) < 4.78 is 0. The predicted molar refractivity (Wildman–Crippen MR) is 115 cm³/mol. The smallest absolute Gasteiger partial charge is 0.271 e. The summed E-state index contributed by atoms with van der Waals surface area (Å²) in [4.78, 5) is 29.7. The van der Waals surface area contributed by atoms with Crippen LogP contribution in [0.2, 0.25) is 10.0 Å². The first kappa shape index (κ1) is 20.9. The standard InChI is InChI=1S/C22H17Cl2N5O2/c23-15-7-6-12(9-16(15)24)19-14(10-25)21(26)29(17-4-1-5-18(30)20(17)19)28-22(31)13-3-2-8-27-11-13/h2-3,6-9,11,19H,1,4-5,26H2,(H,28,31). The number of benzene rings is 1. The first-order valence-corrected chi connectivity index (χ1v) is 10.3. The van der Waals surface area contributed by atoms with Crippen LogP contribution in [0.1, 0.15) is 41.1 Å². The maximum absolute atomic E-state index is 13.0. The van der Waals surface area contributed by atoms with Gasteiger partial charge in [-0.25, -0.2) is 5.01 Å². The van der Waals surface area contributed by atoms with Crippen LogP contribution in [0, 0.1) is 11.3 Å². The molecule has 156 valence electrons.